The molecule has 3 aromatic rings. The third-order valence-electron chi connectivity index (χ3n) is 7.98. The summed E-state index contributed by atoms with van der Waals surface area (Å²) in [6, 6.07) is 16.1. The maximum atomic E-state index is 12.4. The monoisotopic (exact) mass is 616 g/mol. The van der Waals surface area contributed by atoms with Crippen LogP contribution in [0.5, 0.6) is 0 Å². The molecule has 6 rings (SSSR count). The van der Waals surface area contributed by atoms with E-state index in [0.717, 1.165) is 63.7 Å². The van der Waals surface area contributed by atoms with Gasteiger partial charge in [-0.25, -0.2) is 4.99 Å². The highest BCUT2D eigenvalue weighted by Crippen LogP contribution is 2.32. The van der Waals surface area contributed by atoms with Crippen molar-refractivity contribution in [2.24, 2.45) is 15.9 Å². The number of amides is 1. The summed E-state index contributed by atoms with van der Waals surface area (Å²) in [5.41, 5.74) is 8.06. The molecular weight excluding hydrogens is 576 g/mol. The normalized spacial score (nSPS) is 17.3. The summed E-state index contributed by atoms with van der Waals surface area (Å²) in [5, 5.41) is 8.52. The number of morpholine rings is 1. The largest absolute Gasteiger partial charge is 0.378 e. The Bertz CT molecular complexity index is 1810. The summed E-state index contributed by atoms with van der Waals surface area (Å²) in [6.07, 6.45) is 9.14. The van der Waals surface area contributed by atoms with E-state index in [0.29, 0.717) is 38.2 Å². The van der Waals surface area contributed by atoms with Gasteiger partial charge in [-0.1, -0.05) is 50.3 Å². The topological polar surface area (TPSA) is 97.7 Å². The highest BCUT2D eigenvalue weighted by molar-refractivity contribution is 6.03. The number of allylic oxidation sites excluding steroid dienone is 2. The molecule has 0 bridgehead atoms. The Labute approximate surface area is 270 Å². The molecule has 236 valence electrons. The van der Waals surface area contributed by atoms with Crippen LogP contribution < -0.4 is 10.6 Å². The number of nitrogens with zero attached hydrogens (tertiary/aromatic N) is 6. The number of pyridine rings is 1. The maximum Gasteiger partial charge on any atom is 0.248 e. The summed E-state index contributed by atoms with van der Waals surface area (Å²) in [7, 11) is 3.93. The molecule has 3 aliphatic rings. The Morgan fingerprint density at radius 2 is 2.00 bits per heavy atom. The number of aromatic nitrogens is 1. The van der Waals surface area contributed by atoms with Crippen molar-refractivity contribution in [3.8, 4) is 11.3 Å². The molecule has 3 aliphatic heterocycles. The smallest absolute Gasteiger partial charge is 0.248 e. The van der Waals surface area contributed by atoms with E-state index < -0.39 is 0 Å². The van der Waals surface area contributed by atoms with Crippen LogP contribution in [-0.2, 0) is 16.1 Å². The van der Waals surface area contributed by atoms with Crippen molar-refractivity contribution in [2.75, 3.05) is 52.3 Å². The molecule has 1 amide bonds. The van der Waals surface area contributed by atoms with E-state index in [1.54, 1.807) is 6.08 Å². The summed E-state index contributed by atoms with van der Waals surface area (Å²) in [4.78, 5) is 33.5. The standard InChI is InChI=1S/C36H40N8O2/c1-25(2)29-11-7-18-44-34(29)40-36(43-19-21-46-22-20-43)41-35(44)38-24-27-9-5-6-10-30(27)33-31-14-13-28(23-26(31)15-16-37-33)39-32(45)12-8-17-42(3)4/h5-6,8-16,18,23,25H,17,19-22,24H2,1-4H3,(H,39,45)(H,38,40,41)/b12-8+. The minimum absolute atomic E-state index is 0.158. The second-order valence-corrected chi connectivity index (χ2v) is 12.0. The van der Waals surface area contributed by atoms with E-state index in [9.17, 15) is 4.79 Å². The predicted molar refractivity (Wildman–Crippen MR) is 184 cm³/mol. The van der Waals surface area contributed by atoms with Crippen molar-refractivity contribution in [2.45, 2.75) is 20.4 Å². The molecule has 2 aromatic carbocycles. The van der Waals surface area contributed by atoms with Crippen molar-refractivity contribution in [3.05, 3.63) is 102 Å². The number of likely N-dealkylation sites (N-methyl/N-ethyl adjacent to an activating group) is 1. The number of fused-ring (bicyclic) bond motifs is 2. The molecule has 0 saturated carbocycles. The molecule has 10 nitrogen and oxygen atoms in total. The molecule has 46 heavy (non-hydrogen) atoms. The Morgan fingerprint density at radius 1 is 1.17 bits per heavy atom. The lowest BCUT2D eigenvalue weighted by Gasteiger charge is -2.37. The zero-order chi connectivity index (χ0) is 32.0. The Hall–Kier alpha value is -5.02. The van der Waals surface area contributed by atoms with Gasteiger partial charge in [-0.05, 0) is 55.2 Å². The lowest BCUT2D eigenvalue weighted by molar-refractivity contribution is -0.111. The number of carbonyl (C=O) groups excluding carboxylic acids is 1. The molecule has 1 fully saturated rings. The fourth-order valence-electron chi connectivity index (χ4n) is 5.59. The fourth-order valence-corrected chi connectivity index (χ4v) is 5.59. The molecule has 0 aliphatic carbocycles. The maximum absolute atomic E-state index is 12.4. The van der Waals surface area contributed by atoms with Gasteiger partial charge in [0.15, 0.2) is 0 Å². The first kappa shape index (κ1) is 31.0. The van der Waals surface area contributed by atoms with Crippen molar-refractivity contribution in [3.63, 3.8) is 0 Å². The van der Waals surface area contributed by atoms with Gasteiger partial charge in [0.2, 0.25) is 17.8 Å². The molecule has 10 heteroatoms. The number of hydrogen-bond acceptors (Lipinski definition) is 7. The second-order valence-electron chi connectivity index (χ2n) is 12.0. The third-order valence-corrected chi connectivity index (χ3v) is 7.98. The first-order valence-electron chi connectivity index (χ1n) is 15.7. The van der Waals surface area contributed by atoms with E-state index in [4.69, 9.17) is 19.7 Å². The number of ether oxygens (including phenoxy) is 1. The third kappa shape index (κ3) is 6.94. The Kier molecular flexibility index (Phi) is 9.40. The van der Waals surface area contributed by atoms with Gasteiger partial charge < -0.3 is 25.2 Å². The van der Waals surface area contributed by atoms with Crippen LogP contribution in [-0.4, -0.2) is 84.5 Å². The van der Waals surface area contributed by atoms with Gasteiger partial charge in [0.1, 0.15) is 5.82 Å². The number of anilines is 1. The van der Waals surface area contributed by atoms with E-state index in [2.05, 4.69) is 47.2 Å². The number of benzene rings is 2. The summed E-state index contributed by atoms with van der Waals surface area (Å²) in [5.74, 6) is 2.49. The summed E-state index contributed by atoms with van der Waals surface area (Å²) >= 11 is 0. The van der Waals surface area contributed by atoms with Crippen LogP contribution in [0.15, 0.2) is 106 Å². The molecule has 0 atom stereocenters. The minimum atomic E-state index is -0.158. The molecule has 0 unspecified atom stereocenters. The average molecular weight is 617 g/mol. The number of rotatable bonds is 8. The molecule has 1 saturated heterocycles. The highest BCUT2D eigenvalue weighted by atomic mass is 16.5. The van der Waals surface area contributed by atoms with Crippen molar-refractivity contribution in [1.82, 2.24) is 25.0 Å². The molecule has 0 spiro atoms. The van der Waals surface area contributed by atoms with Crippen LogP contribution in [0.1, 0.15) is 19.4 Å². The van der Waals surface area contributed by atoms with Crippen LogP contribution >= 0.6 is 0 Å². The number of guanidine groups is 2. The van der Waals surface area contributed by atoms with Gasteiger partial charge in [0.05, 0.1) is 31.7 Å². The Morgan fingerprint density at radius 3 is 2.80 bits per heavy atom. The minimum Gasteiger partial charge on any atom is -0.378 e. The van der Waals surface area contributed by atoms with Crippen molar-refractivity contribution < 1.29 is 9.53 Å². The predicted octanol–water partition coefficient (Wildman–Crippen LogP) is 4.96. The molecular formula is C36H40N8O2. The van der Waals surface area contributed by atoms with Gasteiger partial charge >= 0.3 is 0 Å². The molecule has 2 N–H and O–H groups in total. The highest BCUT2D eigenvalue weighted by Gasteiger charge is 2.29. The second kappa shape index (κ2) is 14.0. The van der Waals surface area contributed by atoms with E-state index in [1.165, 1.54) is 0 Å². The lowest BCUT2D eigenvalue weighted by Crippen LogP contribution is -2.53. The van der Waals surface area contributed by atoms with Crippen LogP contribution in [0, 0.1) is 5.92 Å². The van der Waals surface area contributed by atoms with Gasteiger partial charge in [0, 0.05) is 54.1 Å². The zero-order valence-corrected chi connectivity index (χ0v) is 26.8. The molecule has 0 radical (unpaired) electrons. The van der Waals surface area contributed by atoms with Gasteiger partial charge in [-0.2, -0.15) is 4.99 Å². The van der Waals surface area contributed by atoms with Crippen LogP contribution in [0.2, 0.25) is 0 Å². The van der Waals surface area contributed by atoms with Gasteiger partial charge in [0.25, 0.3) is 0 Å². The summed E-state index contributed by atoms with van der Waals surface area (Å²) in [6.45, 7) is 8.33. The first-order chi connectivity index (χ1) is 22.4. The quantitative estimate of drug-likeness (QED) is 0.273. The molecule has 1 aromatic heterocycles. The number of hydrogen-bond donors (Lipinski definition) is 2. The zero-order valence-electron chi connectivity index (χ0n) is 26.8. The van der Waals surface area contributed by atoms with Crippen LogP contribution in [0.4, 0.5) is 5.69 Å². The first-order valence-corrected chi connectivity index (χ1v) is 15.7. The number of nitrogens with one attached hydrogen (secondary N) is 2. The van der Waals surface area contributed by atoms with Gasteiger partial charge in [-0.15, -0.1) is 5.73 Å². The van der Waals surface area contributed by atoms with E-state index in [-0.39, 0.29) is 5.91 Å². The number of aliphatic imine (C=N–C) groups is 2. The molecule has 4 heterocycles. The fraction of sp³-hybridized carbons (Fsp3) is 0.306. The Balaban J connectivity index is 1.31. The van der Waals surface area contributed by atoms with Gasteiger partial charge in [-0.3, -0.25) is 14.7 Å². The van der Waals surface area contributed by atoms with Crippen LogP contribution in [0.25, 0.3) is 22.0 Å². The van der Waals surface area contributed by atoms with Crippen LogP contribution in [0.3, 0.4) is 0 Å². The van der Waals surface area contributed by atoms with Crippen molar-refractivity contribution in [1.29, 1.82) is 0 Å². The van der Waals surface area contributed by atoms with E-state index in [1.807, 2.05) is 84.8 Å². The van der Waals surface area contributed by atoms with E-state index >= 15 is 0 Å². The van der Waals surface area contributed by atoms with Crippen molar-refractivity contribution >= 4 is 34.3 Å². The SMILES string of the molecule is CC(C)C1=C2NC(N3CCOCC3)=NC(=NCc3ccccc3-c3nccc4cc(NC(=O)/C=C/CN(C)C)ccc34)N2C=C=C1. The number of carbonyl (C=O) groups is 1. The average Bonchev–Trinajstić information content (AvgIpc) is 3.06. The summed E-state index contributed by atoms with van der Waals surface area (Å²) < 4.78 is 5.59. The lowest BCUT2D eigenvalue weighted by atomic mass is 9.99.